The van der Waals surface area contributed by atoms with Crippen LogP contribution in [0.4, 0.5) is 0 Å². The van der Waals surface area contributed by atoms with Crippen LogP contribution in [0.25, 0.3) is 0 Å². The number of methoxy groups -OCH3 is 1. The van der Waals surface area contributed by atoms with Crippen molar-refractivity contribution in [3.8, 4) is 0 Å². The van der Waals surface area contributed by atoms with Crippen molar-refractivity contribution in [2.45, 2.75) is 59.5 Å². The Hall–Kier alpha value is -0.870. The second-order valence-electron chi connectivity index (χ2n) is 4.91. The summed E-state index contributed by atoms with van der Waals surface area (Å²) in [7, 11) is 1.74. The third-order valence-corrected chi connectivity index (χ3v) is 3.49. The van der Waals surface area contributed by atoms with Gasteiger partial charge in [0.15, 0.2) is 0 Å². The Balaban J connectivity index is 3.01. The first-order chi connectivity index (χ1) is 9.19. The third kappa shape index (κ3) is 4.05. The zero-order chi connectivity index (χ0) is 14.3. The maximum absolute atomic E-state index is 5.18. The summed E-state index contributed by atoms with van der Waals surface area (Å²) in [6.45, 7) is 11.4. The molecule has 1 N–H and O–H groups in total. The largest absolute Gasteiger partial charge is 0.383 e. The molecule has 0 aromatic carbocycles. The quantitative estimate of drug-likeness (QED) is 0.747. The normalized spacial score (nSPS) is 12.9. The van der Waals surface area contributed by atoms with E-state index in [2.05, 4.69) is 37.7 Å². The first-order valence-electron chi connectivity index (χ1n) is 7.50. The number of hydrogen-bond donors (Lipinski definition) is 1. The number of nitrogens with zero attached hydrogens (tertiary/aromatic N) is 2. The van der Waals surface area contributed by atoms with E-state index in [1.807, 2.05) is 0 Å². The van der Waals surface area contributed by atoms with Crippen molar-refractivity contribution in [1.82, 2.24) is 15.1 Å². The van der Waals surface area contributed by atoms with Crippen molar-refractivity contribution >= 4 is 0 Å². The van der Waals surface area contributed by atoms with Gasteiger partial charge in [0.25, 0.3) is 0 Å². The van der Waals surface area contributed by atoms with Crippen LogP contribution in [-0.4, -0.2) is 30.0 Å². The lowest BCUT2D eigenvalue weighted by Crippen LogP contribution is -2.21. The number of hydrogen-bond acceptors (Lipinski definition) is 3. The number of rotatable bonds is 9. The molecule has 110 valence electrons. The lowest BCUT2D eigenvalue weighted by molar-refractivity contribution is 0.182. The van der Waals surface area contributed by atoms with Gasteiger partial charge in [0.1, 0.15) is 0 Å². The third-order valence-electron chi connectivity index (χ3n) is 3.49. The van der Waals surface area contributed by atoms with Crippen molar-refractivity contribution < 1.29 is 4.74 Å². The predicted octanol–water partition coefficient (Wildman–Crippen LogP) is 2.71. The van der Waals surface area contributed by atoms with Gasteiger partial charge < -0.3 is 10.1 Å². The molecular weight excluding hydrogens is 238 g/mol. The molecular formula is C15H29N3O. The van der Waals surface area contributed by atoms with E-state index in [0.29, 0.717) is 12.6 Å². The standard InChI is InChI=1S/C15H29N3O/c1-6-9-16-12(4)15-13(7-2)17-18(10-11-19-5)14(15)8-3/h12,16H,6-11H2,1-5H3. The van der Waals surface area contributed by atoms with Gasteiger partial charge in [-0.25, -0.2) is 0 Å². The highest BCUT2D eigenvalue weighted by molar-refractivity contribution is 5.30. The molecule has 4 nitrogen and oxygen atoms in total. The van der Waals surface area contributed by atoms with Gasteiger partial charge in [0.05, 0.1) is 18.8 Å². The van der Waals surface area contributed by atoms with E-state index < -0.39 is 0 Å². The number of aryl methyl sites for hydroxylation is 1. The summed E-state index contributed by atoms with van der Waals surface area (Å²) < 4.78 is 7.30. The molecule has 1 aromatic heterocycles. The van der Waals surface area contributed by atoms with Gasteiger partial charge in [-0.15, -0.1) is 0 Å². The fraction of sp³-hybridized carbons (Fsp3) is 0.800. The predicted molar refractivity (Wildman–Crippen MR) is 79.6 cm³/mol. The van der Waals surface area contributed by atoms with Gasteiger partial charge in [-0.2, -0.15) is 5.10 Å². The van der Waals surface area contributed by atoms with Crippen LogP contribution in [0.15, 0.2) is 0 Å². The van der Waals surface area contributed by atoms with Gasteiger partial charge in [-0.1, -0.05) is 20.8 Å². The molecule has 1 unspecified atom stereocenters. The van der Waals surface area contributed by atoms with Crippen LogP contribution < -0.4 is 5.32 Å². The van der Waals surface area contributed by atoms with E-state index in [9.17, 15) is 0 Å². The Morgan fingerprint density at radius 3 is 2.53 bits per heavy atom. The number of nitrogens with one attached hydrogen (secondary N) is 1. The summed E-state index contributed by atoms with van der Waals surface area (Å²) in [4.78, 5) is 0. The summed E-state index contributed by atoms with van der Waals surface area (Å²) in [5, 5.41) is 8.35. The fourth-order valence-corrected chi connectivity index (χ4v) is 2.53. The molecule has 0 aliphatic carbocycles. The molecule has 0 amide bonds. The highest BCUT2D eigenvalue weighted by Gasteiger charge is 2.19. The molecule has 1 aromatic rings. The van der Waals surface area contributed by atoms with Gasteiger partial charge >= 0.3 is 0 Å². The zero-order valence-corrected chi connectivity index (χ0v) is 13.1. The lowest BCUT2D eigenvalue weighted by atomic mass is 10.0. The van der Waals surface area contributed by atoms with Crippen LogP contribution in [0, 0.1) is 0 Å². The summed E-state index contributed by atoms with van der Waals surface area (Å²) in [6.07, 6.45) is 3.16. The highest BCUT2D eigenvalue weighted by Crippen LogP contribution is 2.23. The minimum absolute atomic E-state index is 0.376. The zero-order valence-electron chi connectivity index (χ0n) is 13.1. The molecule has 19 heavy (non-hydrogen) atoms. The Bertz CT molecular complexity index is 374. The molecule has 1 rings (SSSR count). The van der Waals surface area contributed by atoms with Gasteiger partial charge in [-0.05, 0) is 32.7 Å². The fourth-order valence-electron chi connectivity index (χ4n) is 2.53. The molecule has 0 radical (unpaired) electrons. The summed E-state index contributed by atoms with van der Waals surface area (Å²) in [6, 6.07) is 0.376. The van der Waals surface area contributed by atoms with Crippen LogP contribution in [0.5, 0.6) is 0 Å². The highest BCUT2D eigenvalue weighted by atomic mass is 16.5. The average Bonchev–Trinajstić information content (AvgIpc) is 2.80. The molecule has 0 fully saturated rings. The van der Waals surface area contributed by atoms with Gasteiger partial charge in [0.2, 0.25) is 0 Å². The Morgan fingerprint density at radius 2 is 2.00 bits per heavy atom. The van der Waals surface area contributed by atoms with Crippen LogP contribution in [0.2, 0.25) is 0 Å². The maximum atomic E-state index is 5.18. The van der Waals surface area contributed by atoms with E-state index in [0.717, 1.165) is 32.4 Å². The molecule has 0 saturated heterocycles. The molecule has 0 saturated carbocycles. The topological polar surface area (TPSA) is 39.1 Å². The molecule has 0 bridgehead atoms. The summed E-state index contributed by atoms with van der Waals surface area (Å²) in [5.74, 6) is 0. The van der Waals surface area contributed by atoms with Crippen LogP contribution in [0.1, 0.15) is 57.1 Å². The Kier molecular flexibility index (Phi) is 7.10. The van der Waals surface area contributed by atoms with E-state index in [1.54, 1.807) is 7.11 Å². The minimum Gasteiger partial charge on any atom is -0.383 e. The second kappa shape index (κ2) is 8.33. The lowest BCUT2D eigenvalue weighted by Gasteiger charge is -2.16. The first-order valence-corrected chi connectivity index (χ1v) is 7.50. The van der Waals surface area contributed by atoms with Crippen molar-refractivity contribution in [3.05, 3.63) is 17.0 Å². The molecule has 0 spiro atoms. The molecule has 1 heterocycles. The van der Waals surface area contributed by atoms with E-state index in [1.165, 1.54) is 17.0 Å². The monoisotopic (exact) mass is 267 g/mol. The minimum atomic E-state index is 0.376. The van der Waals surface area contributed by atoms with Crippen molar-refractivity contribution in [2.24, 2.45) is 0 Å². The average molecular weight is 267 g/mol. The first kappa shape index (κ1) is 16.2. The van der Waals surface area contributed by atoms with Crippen molar-refractivity contribution in [3.63, 3.8) is 0 Å². The van der Waals surface area contributed by atoms with Crippen molar-refractivity contribution in [1.29, 1.82) is 0 Å². The maximum Gasteiger partial charge on any atom is 0.0672 e. The van der Waals surface area contributed by atoms with E-state index in [-0.39, 0.29) is 0 Å². The van der Waals surface area contributed by atoms with Crippen molar-refractivity contribution in [2.75, 3.05) is 20.3 Å². The SMILES string of the molecule is CCCNC(C)c1c(CC)nn(CCOC)c1CC. The molecule has 0 aliphatic heterocycles. The van der Waals surface area contributed by atoms with Gasteiger partial charge in [-0.3, -0.25) is 4.68 Å². The Morgan fingerprint density at radius 1 is 1.26 bits per heavy atom. The van der Waals surface area contributed by atoms with Crippen LogP contribution in [-0.2, 0) is 24.1 Å². The molecule has 1 atom stereocenters. The summed E-state index contributed by atoms with van der Waals surface area (Å²) in [5.41, 5.74) is 3.98. The number of aromatic nitrogens is 2. The smallest absolute Gasteiger partial charge is 0.0672 e. The molecule has 0 aliphatic rings. The molecule has 4 heteroatoms. The van der Waals surface area contributed by atoms with Crippen LogP contribution >= 0.6 is 0 Å². The van der Waals surface area contributed by atoms with E-state index in [4.69, 9.17) is 9.84 Å². The Labute approximate surface area is 117 Å². The number of ether oxygens (including phenoxy) is 1. The van der Waals surface area contributed by atoms with Crippen LogP contribution in [0.3, 0.4) is 0 Å². The second-order valence-corrected chi connectivity index (χ2v) is 4.91. The summed E-state index contributed by atoms with van der Waals surface area (Å²) >= 11 is 0. The van der Waals surface area contributed by atoms with E-state index >= 15 is 0 Å². The van der Waals surface area contributed by atoms with Gasteiger partial charge in [0, 0.05) is 24.4 Å².